The number of hydrogen-bond donors (Lipinski definition) is 0. The Morgan fingerprint density at radius 3 is 2.42 bits per heavy atom. The first-order valence-electron chi connectivity index (χ1n) is 7.34. The molecule has 124 valence electrons. The second-order valence-electron chi connectivity index (χ2n) is 5.06. The van der Waals surface area contributed by atoms with Crippen molar-refractivity contribution in [2.75, 3.05) is 21.3 Å². The van der Waals surface area contributed by atoms with Gasteiger partial charge in [-0.05, 0) is 17.7 Å². The van der Waals surface area contributed by atoms with E-state index in [4.69, 9.17) is 14.2 Å². The summed E-state index contributed by atoms with van der Waals surface area (Å²) < 4.78 is 17.3. The molecule has 24 heavy (non-hydrogen) atoms. The molecule has 0 N–H and O–H groups in total. The highest BCUT2D eigenvalue weighted by atomic mass is 16.5. The zero-order valence-electron chi connectivity index (χ0n) is 13.8. The number of methoxy groups -OCH3 is 3. The molecular weight excluding hydrogens is 308 g/mol. The van der Waals surface area contributed by atoms with E-state index < -0.39 is 0 Å². The molecule has 0 unspecified atom stereocenters. The molecule has 0 spiro atoms. The summed E-state index contributed by atoms with van der Waals surface area (Å²) in [6.45, 7) is 0.656. The molecule has 0 aliphatic carbocycles. The summed E-state index contributed by atoms with van der Waals surface area (Å²) in [4.78, 5) is 8.42. The number of aromatic nitrogens is 4. The van der Waals surface area contributed by atoms with Gasteiger partial charge in [-0.25, -0.2) is 0 Å². The molecule has 0 saturated carbocycles. The predicted octanol–water partition coefficient (Wildman–Crippen LogP) is 2.41. The lowest BCUT2D eigenvalue weighted by atomic mass is 10.2. The van der Waals surface area contributed by atoms with Gasteiger partial charge >= 0.3 is 6.01 Å². The van der Waals surface area contributed by atoms with Crippen LogP contribution in [0.1, 0.15) is 5.56 Å². The normalized spacial score (nSPS) is 10.5. The average molecular weight is 326 g/mol. The first kappa shape index (κ1) is 15.8. The Kier molecular flexibility index (Phi) is 4.60. The minimum atomic E-state index is 0.257. The Hall–Kier alpha value is -3.09. The lowest BCUT2D eigenvalue weighted by Gasteiger charge is -2.05. The highest BCUT2D eigenvalue weighted by Gasteiger charge is 2.09. The molecule has 0 bridgehead atoms. The van der Waals surface area contributed by atoms with Crippen LogP contribution in [0.25, 0.3) is 11.3 Å². The first-order chi connectivity index (χ1) is 11.7. The summed E-state index contributed by atoms with van der Waals surface area (Å²) in [5.74, 6) is 1.28. The fraction of sp³-hybridized carbons (Fsp3) is 0.235. The minimum absolute atomic E-state index is 0.257. The third kappa shape index (κ3) is 3.45. The van der Waals surface area contributed by atoms with Crippen molar-refractivity contribution in [1.29, 1.82) is 0 Å². The molecule has 7 heteroatoms. The molecule has 2 heterocycles. The minimum Gasteiger partial charge on any atom is -0.497 e. The maximum atomic E-state index is 5.17. The van der Waals surface area contributed by atoms with Crippen LogP contribution in [0, 0.1) is 0 Å². The Labute approximate surface area is 139 Å². The second-order valence-corrected chi connectivity index (χ2v) is 5.06. The predicted molar refractivity (Wildman–Crippen MR) is 88.5 cm³/mol. The fourth-order valence-corrected chi connectivity index (χ4v) is 2.25. The van der Waals surface area contributed by atoms with Crippen molar-refractivity contribution < 1.29 is 14.2 Å². The third-order valence-corrected chi connectivity index (χ3v) is 3.51. The molecule has 0 aliphatic rings. The van der Waals surface area contributed by atoms with Crippen LogP contribution in [-0.2, 0) is 6.54 Å². The van der Waals surface area contributed by atoms with Crippen molar-refractivity contribution in [2.24, 2.45) is 0 Å². The van der Waals surface area contributed by atoms with E-state index in [-0.39, 0.29) is 6.01 Å². The summed E-state index contributed by atoms with van der Waals surface area (Å²) in [7, 11) is 4.73. The fourth-order valence-electron chi connectivity index (χ4n) is 2.25. The van der Waals surface area contributed by atoms with E-state index in [1.807, 2.05) is 35.1 Å². The standard InChI is InChI=1S/C17H18N4O3/c1-22-14-6-4-12(5-7-14)10-21-11-13(9-18-21)15-8-16(23-2)20-17(19-15)24-3/h4-9,11H,10H2,1-3H3. The molecule has 7 nitrogen and oxygen atoms in total. The third-order valence-electron chi connectivity index (χ3n) is 3.51. The van der Waals surface area contributed by atoms with E-state index in [9.17, 15) is 0 Å². The van der Waals surface area contributed by atoms with Gasteiger partial charge in [-0.1, -0.05) is 12.1 Å². The Morgan fingerprint density at radius 1 is 0.958 bits per heavy atom. The number of nitrogens with zero attached hydrogens (tertiary/aromatic N) is 4. The first-order valence-corrected chi connectivity index (χ1v) is 7.34. The van der Waals surface area contributed by atoms with Crippen molar-refractivity contribution in [2.45, 2.75) is 6.54 Å². The van der Waals surface area contributed by atoms with Gasteiger partial charge in [0.15, 0.2) is 0 Å². The van der Waals surface area contributed by atoms with Crippen LogP contribution in [-0.4, -0.2) is 41.1 Å². The lowest BCUT2D eigenvalue weighted by molar-refractivity contribution is 0.353. The van der Waals surface area contributed by atoms with E-state index in [2.05, 4.69) is 15.1 Å². The number of ether oxygens (including phenoxy) is 3. The van der Waals surface area contributed by atoms with Crippen LogP contribution < -0.4 is 14.2 Å². The molecule has 0 aliphatic heterocycles. The van der Waals surface area contributed by atoms with Crippen LogP contribution in [0.5, 0.6) is 17.6 Å². The molecule has 3 aromatic rings. The van der Waals surface area contributed by atoms with E-state index in [1.54, 1.807) is 26.5 Å². The molecule has 0 fully saturated rings. The highest BCUT2D eigenvalue weighted by molar-refractivity contribution is 5.58. The van der Waals surface area contributed by atoms with Crippen LogP contribution in [0.2, 0.25) is 0 Å². The zero-order valence-corrected chi connectivity index (χ0v) is 13.8. The molecule has 0 atom stereocenters. The number of rotatable bonds is 6. The summed E-state index contributed by atoms with van der Waals surface area (Å²) in [5.41, 5.74) is 2.69. The zero-order chi connectivity index (χ0) is 16.9. The van der Waals surface area contributed by atoms with Crippen molar-refractivity contribution >= 4 is 0 Å². The van der Waals surface area contributed by atoms with Gasteiger partial charge in [0.2, 0.25) is 5.88 Å². The summed E-state index contributed by atoms with van der Waals surface area (Å²) in [5, 5.41) is 4.38. The quantitative estimate of drug-likeness (QED) is 0.693. The molecular formula is C17H18N4O3. The monoisotopic (exact) mass is 326 g/mol. The maximum Gasteiger partial charge on any atom is 0.320 e. The van der Waals surface area contributed by atoms with Gasteiger partial charge in [-0.3, -0.25) is 4.68 Å². The topological polar surface area (TPSA) is 71.3 Å². The van der Waals surface area contributed by atoms with Crippen molar-refractivity contribution in [3.8, 4) is 28.9 Å². The maximum absolute atomic E-state index is 5.17. The summed E-state index contributed by atoms with van der Waals surface area (Å²) in [6, 6.07) is 9.89. The molecule has 0 radical (unpaired) electrons. The smallest absolute Gasteiger partial charge is 0.320 e. The van der Waals surface area contributed by atoms with Crippen molar-refractivity contribution in [1.82, 2.24) is 19.7 Å². The van der Waals surface area contributed by atoms with Crippen LogP contribution in [0.15, 0.2) is 42.7 Å². The second kappa shape index (κ2) is 6.99. The van der Waals surface area contributed by atoms with Gasteiger partial charge in [0.25, 0.3) is 0 Å². The van der Waals surface area contributed by atoms with Gasteiger partial charge in [-0.2, -0.15) is 15.1 Å². The molecule has 0 saturated heterocycles. The molecule has 3 rings (SSSR count). The molecule has 1 aromatic carbocycles. The van der Waals surface area contributed by atoms with E-state index >= 15 is 0 Å². The average Bonchev–Trinajstić information content (AvgIpc) is 3.10. The van der Waals surface area contributed by atoms with E-state index in [1.165, 1.54) is 7.11 Å². The van der Waals surface area contributed by atoms with Gasteiger partial charge in [-0.15, -0.1) is 0 Å². The Morgan fingerprint density at radius 2 is 1.75 bits per heavy atom. The Bertz CT molecular complexity index is 793. The van der Waals surface area contributed by atoms with Gasteiger partial charge in [0.05, 0.1) is 39.8 Å². The molecule has 2 aromatic heterocycles. The Balaban J connectivity index is 1.82. The van der Waals surface area contributed by atoms with Crippen LogP contribution >= 0.6 is 0 Å². The van der Waals surface area contributed by atoms with Gasteiger partial charge < -0.3 is 14.2 Å². The summed E-state index contributed by atoms with van der Waals surface area (Å²) >= 11 is 0. The van der Waals surface area contributed by atoms with E-state index in [0.29, 0.717) is 18.1 Å². The van der Waals surface area contributed by atoms with Crippen molar-refractivity contribution in [3.05, 3.63) is 48.3 Å². The van der Waals surface area contributed by atoms with Gasteiger partial charge in [0.1, 0.15) is 5.75 Å². The van der Waals surface area contributed by atoms with E-state index in [0.717, 1.165) is 16.9 Å². The number of hydrogen-bond acceptors (Lipinski definition) is 6. The lowest BCUT2D eigenvalue weighted by Crippen LogP contribution is -1.99. The SMILES string of the molecule is COc1ccc(Cn2cc(-c3cc(OC)nc(OC)n3)cn2)cc1. The van der Waals surface area contributed by atoms with Crippen molar-refractivity contribution in [3.63, 3.8) is 0 Å². The van der Waals surface area contributed by atoms with Crippen LogP contribution in [0.4, 0.5) is 0 Å². The van der Waals surface area contributed by atoms with Gasteiger partial charge in [0, 0.05) is 17.8 Å². The largest absolute Gasteiger partial charge is 0.497 e. The number of benzene rings is 1. The molecule has 0 amide bonds. The van der Waals surface area contributed by atoms with Crippen LogP contribution in [0.3, 0.4) is 0 Å². The highest BCUT2D eigenvalue weighted by Crippen LogP contribution is 2.23. The summed E-state index contributed by atoms with van der Waals surface area (Å²) in [6.07, 6.45) is 3.68.